The second-order valence-corrected chi connectivity index (χ2v) is 6.44. The number of carbonyl (C=O) groups excluding carboxylic acids is 1. The topological polar surface area (TPSA) is 46.5 Å². The van der Waals surface area contributed by atoms with E-state index in [2.05, 4.69) is 20.1 Å². The predicted molar refractivity (Wildman–Crippen MR) is 67.7 cm³/mol. The number of fused-ring (bicyclic) bond motifs is 2. The van der Waals surface area contributed by atoms with Gasteiger partial charge in [-0.3, -0.25) is 0 Å². The van der Waals surface area contributed by atoms with Gasteiger partial charge in [0.05, 0.1) is 6.10 Å². The average Bonchev–Trinajstić information content (AvgIpc) is 2.50. The molecule has 0 aromatic heterocycles. The van der Waals surface area contributed by atoms with Gasteiger partial charge in [-0.25, -0.2) is 4.79 Å². The summed E-state index contributed by atoms with van der Waals surface area (Å²) in [6.07, 6.45) is 2.86. The van der Waals surface area contributed by atoms with Crippen LogP contribution in [0.3, 0.4) is 0 Å². The summed E-state index contributed by atoms with van der Waals surface area (Å²) in [6, 6.07) is 0. The van der Waals surface area contributed by atoms with Gasteiger partial charge in [-0.1, -0.05) is 25.7 Å². The van der Waals surface area contributed by atoms with Crippen LogP contribution < -0.4 is 0 Å². The van der Waals surface area contributed by atoms with Crippen molar-refractivity contribution in [2.45, 2.75) is 44.8 Å². The van der Waals surface area contributed by atoms with E-state index in [0.29, 0.717) is 17.9 Å². The molecule has 0 spiro atoms. The number of ether oxygens (including phenoxy) is 1. The first-order valence-electron chi connectivity index (χ1n) is 6.66. The maximum absolute atomic E-state index is 11.6. The van der Waals surface area contributed by atoms with Gasteiger partial charge in [0.1, 0.15) is 6.10 Å². The zero-order chi connectivity index (χ0) is 13.1. The van der Waals surface area contributed by atoms with Crippen molar-refractivity contribution >= 4 is 5.97 Å². The average molecular weight is 248 g/mol. The molecule has 3 fully saturated rings. The standard InChI is InChI=1S/C15H20O3/c1-8-4-10(16)6-15(3)7-13-11(5-12(8)15)9(2)14(17)18-13/h10-13,16H,1-2,4-7H2,3H3/t10-,11-,12-,13+,15+/m0/s1. The highest BCUT2D eigenvalue weighted by Gasteiger charge is 2.53. The number of aliphatic hydroxyl groups excluding tert-OH is 1. The summed E-state index contributed by atoms with van der Waals surface area (Å²) in [4.78, 5) is 11.6. The van der Waals surface area contributed by atoms with Crippen molar-refractivity contribution < 1.29 is 14.6 Å². The molecule has 3 nitrogen and oxygen atoms in total. The van der Waals surface area contributed by atoms with Crippen molar-refractivity contribution in [1.82, 2.24) is 0 Å². The molecule has 1 N–H and O–H groups in total. The molecule has 2 aliphatic carbocycles. The Hall–Kier alpha value is -1.09. The molecule has 98 valence electrons. The van der Waals surface area contributed by atoms with Crippen LogP contribution in [0.5, 0.6) is 0 Å². The minimum Gasteiger partial charge on any atom is -0.458 e. The summed E-state index contributed by atoms with van der Waals surface area (Å²) in [5.74, 6) is 0.300. The molecular weight excluding hydrogens is 228 g/mol. The number of carbonyl (C=O) groups is 1. The van der Waals surface area contributed by atoms with E-state index in [0.717, 1.165) is 24.8 Å². The van der Waals surface area contributed by atoms with E-state index in [1.807, 2.05) is 0 Å². The van der Waals surface area contributed by atoms with E-state index in [1.54, 1.807) is 0 Å². The smallest absolute Gasteiger partial charge is 0.334 e. The molecule has 0 bridgehead atoms. The van der Waals surface area contributed by atoms with E-state index in [9.17, 15) is 9.90 Å². The molecule has 18 heavy (non-hydrogen) atoms. The van der Waals surface area contributed by atoms with Crippen LogP contribution in [0.1, 0.15) is 32.6 Å². The van der Waals surface area contributed by atoms with E-state index in [1.165, 1.54) is 0 Å². The number of rotatable bonds is 0. The predicted octanol–water partition coefficient (Wildman–Crippen LogP) is 2.21. The fourth-order valence-electron chi connectivity index (χ4n) is 4.23. The summed E-state index contributed by atoms with van der Waals surface area (Å²) in [7, 11) is 0. The summed E-state index contributed by atoms with van der Waals surface area (Å²) in [6.45, 7) is 10.2. The van der Waals surface area contributed by atoms with Gasteiger partial charge in [-0.05, 0) is 37.0 Å². The van der Waals surface area contributed by atoms with Crippen molar-refractivity contribution in [2.75, 3.05) is 0 Å². The molecule has 0 amide bonds. The van der Waals surface area contributed by atoms with Gasteiger partial charge in [0.15, 0.2) is 0 Å². The molecule has 3 rings (SSSR count). The largest absolute Gasteiger partial charge is 0.458 e. The first kappa shape index (κ1) is 12.0. The van der Waals surface area contributed by atoms with Gasteiger partial charge in [-0.15, -0.1) is 0 Å². The van der Waals surface area contributed by atoms with Gasteiger partial charge in [-0.2, -0.15) is 0 Å². The third-order valence-corrected chi connectivity index (χ3v) is 5.11. The highest BCUT2D eigenvalue weighted by atomic mass is 16.6. The van der Waals surface area contributed by atoms with Crippen LogP contribution in [0.4, 0.5) is 0 Å². The first-order chi connectivity index (χ1) is 8.40. The Balaban J connectivity index is 1.91. The quantitative estimate of drug-likeness (QED) is 0.406. The van der Waals surface area contributed by atoms with Crippen LogP contribution in [-0.4, -0.2) is 23.3 Å². The number of aliphatic hydroxyl groups is 1. The lowest BCUT2D eigenvalue weighted by molar-refractivity contribution is -0.142. The highest BCUT2D eigenvalue weighted by Crippen LogP contribution is 2.56. The van der Waals surface area contributed by atoms with Gasteiger partial charge >= 0.3 is 5.97 Å². The van der Waals surface area contributed by atoms with Crippen molar-refractivity contribution in [3.8, 4) is 0 Å². The molecule has 0 radical (unpaired) electrons. The number of hydrogen-bond acceptors (Lipinski definition) is 3. The van der Waals surface area contributed by atoms with Gasteiger partial charge < -0.3 is 9.84 Å². The Morgan fingerprint density at radius 2 is 2.11 bits per heavy atom. The maximum Gasteiger partial charge on any atom is 0.334 e. The molecule has 2 saturated carbocycles. The number of hydrogen-bond donors (Lipinski definition) is 1. The number of esters is 1. The highest BCUT2D eigenvalue weighted by molar-refractivity contribution is 5.90. The molecule has 0 unspecified atom stereocenters. The van der Waals surface area contributed by atoms with Crippen molar-refractivity contribution in [3.05, 3.63) is 24.3 Å². The third kappa shape index (κ3) is 1.57. The van der Waals surface area contributed by atoms with Crippen molar-refractivity contribution in [3.63, 3.8) is 0 Å². The molecule has 0 aromatic carbocycles. The summed E-state index contributed by atoms with van der Waals surface area (Å²) < 4.78 is 5.41. The first-order valence-corrected chi connectivity index (χ1v) is 6.66. The molecular formula is C15H20O3. The Kier molecular flexibility index (Phi) is 2.46. The molecule has 0 aromatic rings. The molecule has 5 atom stereocenters. The minimum atomic E-state index is -0.296. The summed E-state index contributed by atoms with van der Waals surface area (Å²) in [5.41, 5.74) is 1.77. The third-order valence-electron chi connectivity index (χ3n) is 5.11. The summed E-state index contributed by atoms with van der Waals surface area (Å²) in [5, 5.41) is 9.94. The van der Waals surface area contributed by atoms with Gasteiger partial charge in [0.2, 0.25) is 0 Å². The lowest BCUT2D eigenvalue weighted by Gasteiger charge is -2.50. The molecule has 1 heterocycles. The van der Waals surface area contributed by atoms with Crippen molar-refractivity contribution in [1.29, 1.82) is 0 Å². The Bertz CT molecular complexity index is 439. The van der Waals surface area contributed by atoms with Crippen LogP contribution in [0.15, 0.2) is 24.3 Å². The van der Waals surface area contributed by atoms with Crippen LogP contribution in [0, 0.1) is 17.3 Å². The van der Waals surface area contributed by atoms with Crippen LogP contribution in [0.2, 0.25) is 0 Å². The van der Waals surface area contributed by atoms with E-state index >= 15 is 0 Å². The van der Waals surface area contributed by atoms with Gasteiger partial charge in [0.25, 0.3) is 0 Å². The normalized spacial score (nSPS) is 47.6. The lowest BCUT2D eigenvalue weighted by Crippen LogP contribution is -2.46. The Morgan fingerprint density at radius 1 is 1.39 bits per heavy atom. The summed E-state index contributed by atoms with van der Waals surface area (Å²) >= 11 is 0. The van der Waals surface area contributed by atoms with Crippen LogP contribution >= 0.6 is 0 Å². The van der Waals surface area contributed by atoms with E-state index in [4.69, 9.17) is 4.74 Å². The van der Waals surface area contributed by atoms with E-state index < -0.39 is 0 Å². The second kappa shape index (κ2) is 3.70. The Labute approximate surface area is 108 Å². The zero-order valence-corrected chi connectivity index (χ0v) is 10.8. The fourth-order valence-corrected chi connectivity index (χ4v) is 4.23. The monoisotopic (exact) mass is 248 g/mol. The Morgan fingerprint density at radius 3 is 2.83 bits per heavy atom. The van der Waals surface area contributed by atoms with Crippen molar-refractivity contribution in [2.24, 2.45) is 17.3 Å². The molecule has 3 heteroatoms. The van der Waals surface area contributed by atoms with Gasteiger partial charge in [0, 0.05) is 11.5 Å². The second-order valence-electron chi connectivity index (χ2n) is 6.44. The maximum atomic E-state index is 11.6. The van der Waals surface area contributed by atoms with Crippen LogP contribution in [0.25, 0.3) is 0 Å². The zero-order valence-electron chi connectivity index (χ0n) is 10.8. The fraction of sp³-hybridized carbons (Fsp3) is 0.667. The SMILES string of the molecule is C=C1C(=O)O[C@@H]2C[C@@]3(C)C[C@@H](O)CC(=C)[C@@H]3C[C@@H]12. The minimum absolute atomic E-state index is 0.0147. The molecule has 1 saturated heterocycles. The molecule has 3 aliphatic rings. The molecule has 1 aliphatic heterocycles. The van der Waals surface area contributed by atoms with Crippen LogP contribution in [-0.2, 0) is 9.53 Å². The lowest BCUT2D eigenvalue weighted by atomic mass is 9.55. The van der Waals surface area contributed by atoms with E-state index in [-0.39, 0.29) is 29.5 Å².